The van der Waals surface area contributed by atoms with Gasteiger partial charge in [-0.1, -0.05) is 62.9 Å². The number of nitrogens with one attached hydrogen (secondary N) is 1. The molecule has 2 unspecified atom stereocenters. The van der Waals surface area contributed by atoms with Gasteiger partial charge in [0.1, 0.15) is 0 Å². The summed E-state index contributed by atoms with van der Waals surface area (Å²) in [5.74, 6) is 0.0457. The molecule has 0 bridgehead atoms. The first-order chi connectivity index (χ1) is 9.63. The number of carbonyl (C=O) groups excluding carboxylic acids is 1. The maximum atomic E-state index is 11.9. The van der Waals surface area contributed by atoms with Gasteiger partial charge in [-0.3, -0.25) is 4.79 Å². The van der Waals surface area contributed by atoms with Crippen LogP contribution in [0.4, 0.5) is 0 Å². The van der Waals surface area contributed by atoms with Gasteiger partial charge in [0.2, 0.25) is 5.91 Å². The van der Waals surface area contributed by atoms with E-state index in [2.05, 4.69) is 19.2 Å². The van der Waals surface area contributed by atoms with Crippen LogP contribution in [0.2, 0.25) is 0 Å². The Morgan fingerprint density at radius 3 is 2.55 bits per heavy atom. The zero-order valence-corrected chi connectivity index (χ0v) is 12.8. The Hall–Kier alpha value is -1.35. The second kappa shape index (κ2) is 9.54. The predicted molar refractivity (Wildman–Crippen MR) is 84.4 cm³/mol. The van der Waals surface area contributed by atoms with Gasteiger partial charge in [0.05, 0.1) is 0 Å². The first kappa shape index (κ1) is 16.7. The molecule has 1 aromatic rings. The van der Waals surface area contributed by atoms with Gasteiger partial charge in [-0.05, 0) is 18.9 Å². The molecule has 0 saturated heterocycles. The van der Waals surface area contributed by atoms with E-state index in [0.717, 1.165) is 12.0 Å². The van der Waals surface area contributed by atoms with Crippen LogP contribution in [0.1, 0.15) is 64.0 Å². The van der Waals surface area contributed by atoms with Crippen LogP contribution in [-0.2, 0) is 4.79 Å². The van der Waals surface area contributed by atoms with E-state index in [1.54, 1.807) is 0 Å². The van der Waals surface area contributed by atoms with E-state index in [4.69, 9.17) is 5.73 Å². The molecule has 1 amide bonds. The van der Waals surface area contributed by atoms with Crippen molar-refractivity contribution in [2.75, 3.05) is 0 Å². The topological polar surface area (TPSA) is 55.1 Å². The van der Waals surface area contributed by atoms with Gasteiger partial charge < -0.3 is 11.1 Å². The molecule has 0 aromatic heterocycles. The third-order valence-electron chi connectivity index (χ3n) is 3.53. The Morgan fingerprint density at radius 1 is 1.20 bits per heavy atom. The maximum absolute atomic E-state index is 11.9. The van der Waals surface area contributed by atoms with Crippen molar-refractivity contribution < 1.29 is 4.79 Å². The van der Waals surface area contributed by atoms with E-state index in [1.165, 1.54) is 25.7 Å². The molecular weight excluding hydrogens is 248 g/mol. The molecule has 3 nitrogen and oxygen atoms in total. The summed E-state index contributed by atoms with van der Waals surface area (Å²) in [7, 11) is 0. The molecule has 0 aliphatic carbocycles. The summed E-state index contributed by atoms with van der Waals surface area (Å²) in [6.07, 6.45) is 6.35. The second-order valence-electron chi connectivity index (χ2n) is 5.54. The lowest BCUT2D eigenvalue weighted by atomic mass is 10.0. The smallest absolute Gasteiger partial charge is 0.222 e. The molecule has 0 aliphatic heterocycles. The largest absolute Gasteiger partial charge is 0.354 e. The molecule has 0 heterocycles. The van der Waals surface area contributed by atoms with E-state index in [0.29, 0.717) is 6.42 Å². The van der Waals surface area contributed by atoms with Crippen LogP contribution < -0.4 is 11.1 Å². The Bertz CT molecular complexity index is 378. The average Bonchev–Trinajstić information content (AvgIpc) is 2.44. The van der Waals surface area contributed by atoms with Crippen LogP contribution in [-0.4, -0.2) is 11.9 Å². The minimum atomic E-state index is -0.219. The third-order valence-corrected chi connectivity index (χ3v) is 3.53. The summed E-state index contributed by atoms with van der Waals surface area (Å²) in [6.45, 7) is 4.27. The summed E-state index contributed by atoms with van der Waals surface area (Å²) in [4.78, 5) is 11.9. The number of rotatable bonds is 9. The van der Waals surface area contributed by atoms with Crippen LogP contribution in [0.25, 0.3) is 0 Å². The molecule has 0 spiro atoms. The molecule has 3 N–H and O–H groups in total. The maximum Gasteiger partial charge on any atom is 0.222 e. The van der Waals surface area contributed by atoms with Gasteiger partial charge in [0, 0.05) is 18.5 Å². The normalized spacial score (nSPS) is 13.8. The van der Waals surface area contributed by atoms with E-state index in [9.17, 15) is 4.79 Å². The van der Waals surface area contributed by atoms with Gasteiger partial charge >= 0.3 is 0 Å². The first-order valence-corrected chi connectivity index (χ1v) is 7.73. The molecule has 112 valence electrons. The number of benzene rings is 1. The quantitative estimate of drug-likeness (QED) is 0.678. The molecular formula is C17H28N2O. The van der Waals surface area contributed by atoms with Crippen molar-refractivity contribution in [2.45, 2.75) is 64.5 Å². The lowest BCUT2D eigenvalue weighted by Gasteiger charge is -2.16. The molecule has 0 radical (unpaired) electrons. The third kappa shape index (κ3) is 6.71. The highest BCUT2D eigenvalue weighted by atomic mass is 16.1. The fraction of sp³-hybridized carbons (Fsp3) is 0.588. The van der Waals surface area contributed by atoms with E-state index >= 15 is 0 Å². The average molecular weight is 276 g/mol. The highest BCUT2D eigenvalue weighted by molar-refractivity contribution is 5.77. The predicted octanol–water partition coefficient (Wildman–Crippen LogP) is 3.55. The van der Waals surface area contributed by atoms with Crippen molar-refractivity contribution >= 4 is 5.91 Å². The highest BCUT2D eigenvalue weighted by Gasteiger charge is 2.13. The molecule has 20 heavy (non-hydrogen) atoms. The van der Waals surface area contributed by atoms with Crippen LogP contribution in [0.3, 0.4) is 0 Å². The molecule has 1 rings (SSSR count). The van der Waals surface area contributed by atoms with Crippen LogP contribution in [0.5, 0.6) is 0 Å². The zero-order valence-electron chi connectivity index (χ0n) is 12.8. The fourth-order valence-electron chi connectivity index (χ4n) is 2.30. The molecule has 0 aliphatic rings. The van der Waals surface area contributed by atoms with Crippen molar-refractivity contribution in [3.8, 4) is 0 Å². The van der Waals surface area contributed by atoms with Gasteiger partial charge in [0.25, 0.3) is 0 Å². The minimum absolute atomic E-state index is 0.0457. The molecule has 0 saturated carbocycles. The van der Waals surface area contributed by atoms with Crippen LogP contribution in [0.15, 0.2) is 30.3 Å². The lowest BCUT2D eigenvalue weighted by Crippen LogP contribution is -2.34. The first-order valence-electron chi connectivity index (χ1n) is 7.73. The lowest BCUT2D eigenvalue weighted by molar-refractivity contribution is -0.122. The Balaban J connectivity index is 2.25. The monoisotopic (exact) mass is 276 g/mol. The zero-order chi connectivity index (χ0) is 14.8. The molecule has 3 heteroatoms. The number of carbonyl (C=O) groups is 1. The summed E-state index contributed by atoms with van der Waals surface area (Å²) < 4.78 is 0. The Kier molecular flexibility index (Phi) is 7.97. The van der Waals surface area contributed by atoms with Crippen molar-refractivity contribution in [3.05, 3.63) is 35.9 Å². The summed E-state index contributed by atoms with van der Waals surface area (Å²) in [5.41, 5.74) is 7.06. The van der Waals surface area contributed by atoms with Gasteiger partial charge in [-0.15, -0.1) is 0 Å². The number of amides is 1. The summed E-state index contributed by atoms with van der Waals surface area (Å²) in [5, 5.41) is 3.04. The van der Waals surface area contributed by atoms with Gasteiger partial charge in [-0.2, -0.15) is 0 Å². The van der Waals surface area contributed by atoms with Gasteiger partial charge in [-0.25, -0.2) is 0 Å². The Labute approximate surface area is 122 Å². The van der Waals surface area contributed by atoms with Crippen molar-refractivity contribution in [1.29, 1.82) is 0 Å². The van der Waals surface area contributed by atoms with E-state index in [1.807, 2.05) is 30.3 Å². The number of hydrogen-bond acceptors (Lipinski definition) is 2. The standard InChI is InChI=1S/C17H28N2O/c1-3-4-5-7-10-14(2)19-17(20)13-16(18)15-11-8-6-9-12-15/h6,8-9,11-12,14,16H,3-5,7,10,13,18H2,1-2H3,(H,19,20). The van der Waals surface area contributed by atoms with Gasteiger partial charge in [0.15, 0.2) is 0 Å². The molecule has 2 atom stereocenters. The van der Waals surface area contributed by atoms with E-state index in [-0.39, 0.29) is 18.0 Å². The molecule has 1 aromatic carbocycles. The van der Waals surface area contributed by atoms with Crippen LogP contribution in [0, 0.1) is 0 Å². The highest BCUT2D eigenvalue weighted by Crippen LogP contribution is 2.13. The second-order valence-corrected chi connectivity index (χ2v) is 5.54. The number of hydrogen-bond donors (Lipinski definition) is 2. The van der Waals surface area contributed by atoms with Crippen molar-refractivity contribution in [1.82, 2.24) is 5.32 Å². The van der Waals surface area contributed by atoms with Crippen molar-refractivity contribution in [2.24, 2.45) is 5.73 Å². The number of nitrogens with two attached hydrogens (primary N) is 1. The fourth-order valence-corrected chi connectivity index (χ4v) is 2.30. The van der Waals surface area contributed by atoms with Crippen LogP contribution >= 0.6 is 0 Å². The summed E-state index contributed by atoms with van der Waals surface area (Å²) in [6, 6.07) is 9.80. The summed E-state index contributed by atoms with van der Waals surface area (Å²) >= 11 is 0. The van der Waals surface area contributed by atoms with E-state index < -0.39 is 0 Å². The molecule has 0 fully saturated rings. The Morgan fingerprint density at radius 2 is 1.90 bits per heavy atom. The minimum Gasteiger partial charge on any atom is -0.354 e. The SMILES string of the molecule is CCCCCCC(C)NC(=O)CC(N)c1ccccc1. The number of unbranched alkanes of at least 4 members (excludes halogenated alkanes) is 3. The van der Waals surface area contributed by atoms with Crippen molar-refractivity contribution in [3.63, 3.8) is 0 Å².